The van der Waals surface area contributed by atoms with E-state index in [1.807, 2.05) is 79.7 Å². The quantitative estimate of drug-likeness (QED) is 0.304. The van der Waals surface area contributed by atoms with Gasteiger partial charge in [0.15, 0.2) is 0 Å². The molecule has 0 aromatic heterocycles. The molecule has 3 aromatic rings. The standard InChI is InChI=1S/C30H37N3O4/c1-2-36-29(30(35)32-26(22-34)24-9-4-3-5-10-24)21-23-13-15-25(16-14-23)31-17-8-18-33-19-20-37-28-12-7-6-11-27(28)33/h3-7,9-16,26,29,31,34H,2,8,17-22H2,1H3,(H,32,35)/t26?,29-/m0/s1. The van der Waals surface area contributed by atoms with Crippen molar-refractivity contribution in [1.82, 2.24) is 5.32 Å². The van der Waals surface area contributed by atoms with E-state index in [0.717, 1.165) is 55.2 Å². The van der Waals surface area contributed by atoms with E-state index in [0.29, 0.717) is 13.0 Å². The van der Waals surface area contributed by atoms with E-state index in [2.05, 4.69) is 21.6 Å². The first-order valence-corrected chi connectivity index (χ1v) is 13.0. The second-order valence-corrected chi connectivity index (χ2v) is 9.08. The molecule has 37 heavy (non-hydrogen) atoms. The van der Waals surface area contributed by atoms with Crippen LogP contribution in [0.1, 0.15) is 30.5 Å². The first kappa shape index (κ1) is 26.5. The molecule has 4 rings (SSSR count). The highest BCUT2D eigenvalue weighted by Gasteiger charge is 2.23. The van der Waals surface area contributed by atoms with Gasteiger partial charge in [0.2, 0.25) is 5.91 Å². The van der Waals surface area contributed by atoms with Gasteiger partial charge in [0, 0.05) is 31.8 Å². The van der Waals surface area contributed by atoms with E-state index < -0.39 is 12.1 Å². The third kappa shape index (κ3) is 7.47. The molecule has 0 aliphatic carbocycles. The molecule has 1 aliphatic heterocycles. The predicted octanol–water partition coefficient (Wildman–Crippen LogP) is 4.19. The molecule has 0 fully saturated rings. The number of carbonyl (C=O) groups is 1. The third-order valence-electron chi connectivity index (χ3n) is 6.49. The molecule has 3 aromatic carbocycles. The summed E-state index contributed by atoms with van der Waals surface area (Å²) in [5, 5.41) is 16.2. The van der Waals surface area contributed by atoms with E-state index in [1.165, 1.54) is 5.69 Å². The van der Waals surface area contributed by atoms with Crippen molar-refractivity contribution in [3.8, 4) is 5.75 Å². The summed E-state index contributed by atoms with van der Waals surface area (Å²) in [6.07, 6.45) is 0.845. The van der Waals surface area contributed by atoms with E-state index in [9.17, 15) is 9.90 Å². The summed E-state index contributed by atoms with van der Waals surface area (Å²) < 4.78 is 11.5. The highest BCUT2D eigenvalue weighted by Crippen LogP contribution is 2.30. The van der Waals surface area contributed by atoms with Gasteiger partial charge in [-0.3, -0.25) is 4.79 Å². The highest BCUT2D eigenvalue weighted by molar-refractivity contribution is 5.81. The lowest BCUT2D eigenvalue weighted by Crippen LogP contribution is -2.41. The monoisotopic (exact) mass is 503 g/mol. The van der Waals surface area contributed by atoms with Crippen LogP contribution in [0.15, 0.2) is 78.9 Å². The Bertz CT molecular complexity index is 1110. The normalized spacial score (nSPS) is 14.3. The molecule has 7 nitrogen and oxygen atoms in total. The molecule has 0 spiro atoms. The fourth-order valence-electron chi connectivity index (χ4n) is 4.55. The average molecular weight is 504 g/mol. The van der Waals surface area contributed by atoms with Gasteiger partial charge in [0.05, 0.1) is 24.9 Å². The Morgan fingerprint density at radius 3 is 2.57 bits per heavy atom. The molecule has 0 radical (unpaired) electrons. The number of rotatable bonds is 13. The number of fused-ring (bicyclic) bond motifs is 1. The number of hydrogen-bond donors (Lipinski definition) is 3. The second kappa shape index (κ2) is 13.7. The minimum atomic E-state index is -0.627. The number of hydrogen-bond acceptors (Lipinski definition) is 6. The average Bonchev–Trinajstić information content (AvgIpc) is 2.95. The lowest BCUT2D eigenvalue weighted by Gasteiger charge is -2.31. The van der Waals surface area contributed by atoms with Crippen LogP contribution in [-0.4, -0.2) is 56.6 Å². The fraction of sp³-hybridized carbons (Fsp3) is 0.367. The molecular formula is C30H37N3O4. The molecule has 0 bridgehead atoms. The number of amides is 1. The van der Waals surface area contributed by atoms with Crippen LogP contribution >= 0.6 is 0 Å². The van der Waals surface area contributed by atoms with Crippen LogP contribution in [0, 0.1) is 0 Å². The van der Waals surface area contributed by atoms with Crippen LogP contribution in [0.2, 0.25) is 0 Å². The van der Waals surface area contributed by atoms with Crippen LogP contribution in [0.25, 0.3) is 0 Å². The van der Waals surface area contributed by atoms with Crippen LogP contribution in [0.4, 0.5) is 11.4 Å². The van der Waals surface area contributed by atoms with Gasteiger partial charge in [-0.1, -0.05) is 54.6 Å². The number of para-hydroxylation sites is 2. The number of aliphatic hydroxyl groups excluding tert-OH is 1. The largest absolute Gasteiger partial charge is 0.490 e. The summed E-state index contributed by atoms with van der Waals surface area (Å²) in [5.41, 5.74) is 4.10. The summed E-state index contributed by atoms with van der Waals surface area (Å²) >= 11 is 0. The molecule has 3 N–H and O–H groups in total. The maximum Gasteiger partial charge on any atom is 0.250 e. The lowest BCUT2D eigenvalue weighted by molar-refractivity contribution is -0.133. The van der Waals surface area contributed by atoms with Crippen LogP contribution < -0.4 is 20.3 Å². The number of nitrogens with one attached hydrogen (secondary N) is 2. The van der Waals surface area contributed by atoms with Gasteiger partial charge in [-0.15, -0.1) is 0 Å². The zero-order chi connectivity index (χ0) is 25.9. The van der Waals surface area contributed by atoms with Gasteiger partial charge in [0.1, 0.15) is 18.5 Å². The molecule has 1 unspecified atom stereocenters. The Labute approximate surface area is 219 Å². The van der Waals surface area contributed by atoms with Crippen molar-refractivity contribution in [1.29, 1.82) is 0 Å². The summed E-state index contributed by atoms with van der Waals surface area (Å²) in [7, 11) is 0. The molecule has 2 atom stereocenters. The van der Waals surface area contributed by atoms with Gasteiger partial charge in [-0.05, 0) is 48.7 Å². The SMILES string of the molecule is CCO[C@@H](Cc1ccc(NCCCN2CCOc3ccccc32)cc1)C(=O)NC(CO)c1ccccc1. The van der Waals surface area contributed by atoms with Crippen LogP contribution in [0.3, 0.4) is 0 Å². The molecule has 0 saturated carbocycles. The van der Waals surface area contributed by atoms with Gasteiger partial charge in [0.25, 0.3) is 0 Å². The van der Waals surface area contributed by atoms with Crippen LogP contribution in [-0.2, 0) is 16.0 Å². The van der Waals surface area contributed by atoms with Gasteiger partial charge in [-0.25, -0.2) is 0 Å². The van der Waals surface area contributed by atoms with E-state index in [1.54, 1.807) is 0 Å². The first-order chi connectivity index (χ1) is 18.2. The van der Waals surface area contributed by atoms with Crippen molar-refractivity contribution in [3.63, 3.8) is 0 Å². The Kier molecular flexibility index (Phi) is 9.80. The van der Waals surface area contributed by atoms with Gasteiger partial charge in [-0.2, -0.15) is 0 Å². The number of nitrogens with zero attached hydrogens (tertiary/aromatic N) is 1. The van der Waals surface area contributed by atoms with Gasteiger partial charge < -0.3 is 30.1 Å². The lowest BCUT2D eigenvalue weighted by atomic mass is 10.0. The molecular weight excluding hydrogens is 466 g/mol. The summed E-state index contributed by atoms with van der Waals surface area (Å²) in [5.74, 6) is 0.736. The van der Waals surface area contributed by atoms with Crippen molar-refractivity contribution >= 4 is 17.3 Å². The highest BCUT2D eigenvalue weighted by atomic mass is 16.5. The molecule has 1 amide bonds. The Morgan fingerprint density at radius 2 is 1.81 bits per heavy atom. The van der Waals surface area contributed by atoms with E-state index in [-0.39, 0.29) is 12.5 Å². The van der Waals surface area contributed by atoms with E-state index >= 15 is 0 Å². The van der Waals surface area contributed by atoms with Crippen molar-refractivity contribution in [3.05, 3.63) is 90.0 Å². The Hall–Kier alpha value is -3.55. The maximum atomic E-state index is 13.0. The maximum absolute atomic E-state index is 13.0. The van der Waals surface area contributed by atoms with Crippen molar-refractivity contribution in [2.75, 3.05) is 49.7 Å². The number of benzene rings is 3. The molecule has 1 heterocycles. The van der Waals surface area contributed by atoms with E-state index in [4.69, 9.17) is 9.47 Å². The third-order valence-corrected chi connectivity index (χ3v) is 6.49. The summed E-state index contributed by atoms with van der Waals surface area (Å²) in [6.45, 7) is 5.60. The number of anilines is 2. The first-order valence-electron chi connectivity index (χ1n) is 13.0. The molecule has 1 aliphatic rings. The molecule has 7 heteroatoms. The number of carbonyl (C=O) groups excluding carboxylic acids is 1. The number of ether oxygens (including phenoxy) is 2. The molecule has 0 saturated heterocycles. The minimum absolute atomic E-state index is 0.174. The predicted molar refractivity (Wildman–Crippen MR) is 147 cm³/mol. The molecule has 196 valence electrons. The zero-order valence-corrected chi connectivity index (χ0v) is 21.4. The Balaban J connectivity index is 1.25. The van der Waals surface area contributed by atoms with Crippen molar-refractivity contribution < 1.29 is 19.4 Å². The van der Waals surface area contributed by atoms with Crippen LogP contribution in [0.5, 0.6) is 5.75 Å². The minimum Gasteiger partial charge on any atom is -0.490 e. The topological polar surface area (TPSA) is 83.1 Å². The zero-order valence-electron chi connectivity index (χ0n) is 21.4. The Morgan fingerprint density at radius 1 is 1.05 bits per heavy atom. The number of aliphatic hydroxyl groups is 1. The van der Waals surface area contributed by atoms with Gasteiger partial charge >= 0.3 is 0 Å². The second-order valence-electron chi connectivity index (χ2n) is 9.08. The summed E-state index contributed by atoms with van der Waals surface area (Å²) in [4.78, 5) is 15.3. The van der Waals surface area contributed by atoms with Crippen molar-refractivity contribution in [2.45, 2.75) is 31.9 Å². The fourth-order valence-corrected chi connectivity index (χ4v) is 4.55. The van der Waals surface area contributed by atoms with Crippen molar-refractivity contribution in [2.24, 2.45) is 0 Å². The smallest absolute Gasteiger partial charge is 0.250 e. The summed E-state index contributed by atoms with van der Waals surface area (Å²) in [6, 6.07) is 25.3.